The molecule has 1 aliphatic heterocycles. The van der Waals surface area contributed by atoms with Gasteiger partial charge in [0.05, 0.1) is 0 Å². The van der Waals surface area contributed by atoms with Gasteiger partial charge in [-0.2, -0.15) is 0 Å². The summed E-state index contributed by atoms with van der Waals surface area (Å²) in [6.45, 7) is 7.21. The van der Waals surface area contributed by atoms with Gasteiger partial charge in [0.25, 0.3) is 0 Å². The molecule has 0 spiro atoms. The van der Waals surface area contributed by atoms with Crippen molar-refractivity contribution in [1.82, 2.24) is 5.32 Å². The Bertz CT molecular complexity index is 323. The second-order valence-corrected chi connectivity index (χ2v) is 6.00. The van der Waals surface area contributed by atoms with Gasteiger partial charge in [0.15, 0.2) is 0 Å². The minimum atomic E-state index is 0.327. The van der Waals surface area contributed by atoms with E-state index < -0.39 is 0 Å². The first-order chi connectivity index (χ1) is 8.18. The average molecular weight is 231 g/mol. The lowest BCUT2D eigenvalue weighted by molar-refractivity contribution is 0.412. The minimum absolute atomic E-state index is 0.327. The quantitative estimate of drug-likeness (QED) is 0.814. The monoisotopic (exact) mass is 231 g/mol. The third-order valence-electron chi connectivity index (χ3n) is 4.13. The van der Waals surface area contributed by atoms with Crippen LogP contribution in [0.2, 0.25) is 0 Å². The number of hydrogen-bond donors (Lipinski definition) is 1. The van der Waals surface area contributed by atoms with Crippen molar-refractivity contribution in [3.05, 3.63) is 35.9 Å². The normalized spacial score (nSPS) is 20.7. The van der Waals surface area contributed by atoms with E-state index in [9.17, 15) is 0 Å². The summed E-state index contributed by atoms with van der Waals surface area (Å²) >= 11 is 0. The molecule has 1 aromatic rings. The van der Waals surface area contributed by atoms with Crippen LogP contribution in [0.4, 0.5) is 0 Å². The summed E-state index contributed by atoms with van der Waals surface area (Å²) < 4.78 is 0. The van der Waals surface area contributed by atoms with Crippen molar-refractivity contribution in [2.75, 3.05) is 13.1 Å². The van der Waals surface area contributed by atoms with E-state index in [-0.39, 0.29) is 0 Å². The lowest BCUT2D eigenvalue weighted by Crippen LogP contribution is -2.17. The van der Waals surface area contributed by atoms with Gasteiger partial charge in [-0.1, -0.05) is 50.6 Å². The van der Waals surface area contributed by atoms with Crippen molar-refractivity contribution >= 4 is 0 Å². The van der Waals surface area contributed by atoms with Crippen molar-refractivity contribution in [2.24, 2.45) is 5.92 Å². The smallest absolute Gasteiger partial charge is 0.00200 e. The van der Waals surface area contributed by atoms with E-state index in [1.54, 1.807) is 0 Å². The number of hydrogen-bond acceptors (Lipinski definition) is 1. The fraction of sp³-hybridized carbons (Fsp3) is 0.625. The zero-order valence-corrected chi connectivity index (χ0v) is 11.2. The summed E-state index contributed by atoms with van der Waals surface area (Å²) in [6, 6.07) is 10.9. The highest BCUT2D eigenvalue weighted by molar-refractivity contribution is 5.23. The van der Waals surface area contributed by atoms with E-state index >= 15 is 0 Å². The lowest BCUT2D eigenvalue weighted by atomic mass is 9.79. The Balaban J connectivity index is 1.80. The lowest BCUT2D eigenvalue weighted by Gasteiger charge is -2.25. The van der Waals surface area contributed by atoms with Crippen LogP contribution in [-0.2, 0) is 5.41 Å². The number of nitrogens with one attached hydrogen (secondary N) is 1. The molecule has 1 N–H and O–H groups in total. The molecule has 2 rings (SSSR count). The predicted molar refractivity (Wildman–Crippen MR) is 74.3 cm³/mol. The third-order valence-corrected chi connectivity index (χ3v) is 4.13. The van der Waals surface area contributed by atoms with Crippen LogP contribution in [0.15, 0.2) is 30.3 Å². The average Bonchev–Trinajstić information content (AvgIpc) is 2.83. The molecule has 0 saturated carbocycles. The zero-order chi connectivity index (χ0) is 12.1. The first kappa shape index (κ1) is 12.6. The zero-order valence-electron chi connectivity index (χ0n) is 11.2. The highest BCUT2D eigenvalue weighted by atomic mass is 14.9. The number of benzene rings is 1. The summed E-state index contributed by atoms with van der Waals surface area (Å²) in [5.74, 6) is 0.932. The largest absolute Gasteiger partial charge is 0.316 e. The van der Waals surface area contributed by atoms with Crippen LogP contribution in [0.5, 0.6) is 0 Å². The molecule has 0 amide bonds. The van der Waals surface area contributed by atoms with Gasteiger partial charge in [-0.15, -0.1) is 0 Å². The second kappa shape index (κ2) is 5.68. The molecule has 1 fully saturated rings. The van der Waals surface area contributed by atoms with Crippen molar-refractivity contribution < 1.29 is 0 Å². The van der Waals surface area contributed by atoms with E-state index in [0.29, 0.717) is 5.41 Å². The Morgan fingerprint density at radius 2 is 2.00 bits per heavy atom. The Labute approximate surface area is 106 Å². The fourth-order valence-electron chi connectivity index (χ4n) is 2.83. The van der Waals surface area contributed by atoms with E-state index in [1.165, 1.54) is 44.3 Å². The summed E-state index contributed by atoms with van der Waals surface area (Å²) in [6.07, 6.45) is 5.43. The Kier molecular flexibility index (Phi) is 4.22. The van der Waals surface area contributed by atoms with Crippen LogP contribution < -0.4 is 5.32 Å². The fourth-order valence-corrected chi connectivity index (χ4v) is 2.83. The third kappa shape index (κ3) is 3.57. The maximum atomic E-state index is 3.45. The molecule has 0 bridgehead atoms. The molecular formula is C16H25N. The molecule has 1 saturated heterocycles. The first-order valence-electron chi connectivity index (χ1n) is 6.95. The van der Waals surface area contributed by atoms with E-state index in [0.717, 1.165) is 5.92 Å². The van der Waals surface area contributed by atoms with Crippen molar-refractivity contribution in [2.45, 2.75) is 44.9 Å². The van der Waals surface area contributed by atoms with E-state index in [4.69, 9.17) is 0 Å². The second-order valence-electron chi connectivity index (χ2n) is 6.00. The molecule has 17 heavy (non-hydrogen) atoms. The predicted octanol–water partition coefficient (Wildman–Crippen LogP) is 3.74. The van der Waals surface area contributed by atoms with Gasteiger partial charge >= 0.3 is 0 Å². The van der Waals surface area contributed by atoms with Crippen LogP contribution in [0.1, 0.15) is 45.1 Å². The standard InChI is InChI=1S/C16H25N/c1-16(2,15-8-4-3-5-9-15)11-6-7-14-10-12-17-13-14/h3-5,8-9,14,17H,6-7,10-13H2,1-2H3. The van der Waals surface area contributed by atoms with Gasteiger partial charge in [-0.25, -0.2) is 0 Å². The van der Waals surface area contributed by atoms with Crippen LogP contribution in [0.25, 0.3) is 0 Å². The highest BCUT2D eigenvalue weighted by Gasteiger charge is 2.21. The molecule has 1 nitrogen and oxygen atoms in total. The molecular weight excluding hydrogens is 206 g/mol. The Hall–Kier alpha value is -0.820. The van der Waals surface area contributed by atoms with Crippen molar-refractivity contribution in [3.8, 4) is 0 Å². The first-order valence-corrected chi connectivity index (χ1v) is 6.95. The van der Waals surface area contributed by atoms with E-state index in [1.807, 2.05) is 0 Å². The molecule has 0 aliphatic carbocycles. The summed E-state index contributed by atoms with van der Waals surface area (Å²) in [7, 11) is 0. The Morgan fingerprint density at radius 3 is 2.65 bits per heavy atom. The molecule has 1 heteroatoms. The van der Waals surface area contributed by atoms with Crippen molar-refractivity contribution in [1.29, 1.82) is 0 Å². The van der Waals surface area contributed by atoms with Gasteiger partial charge in [-0.05, 0) is 49.2 Å². The molecule has 94 valence electrons. The molecule has 1 atom stereocenters. The van der Waals surface area contributed by atoms with Crippen LogP contribution in [-0.4, -0.2) is 13.1 Å². The maximum Gasteiger partial charge on any atom is -0.00200 e. The van der Waals surface area contributed by atoms with Crippen LogP contribution in [0.3, 0.4) is 0 Å². The van der Waals surface area contributed by atoms with Crippen molar-refractivity contribution in [3.63, 3.8) is 0 Å². The highest BCUT2D eigenvalue weighted by Crippen LogP contribution is 2.30. The van der Waals surface area contributed by atoms with Gasteiger partial charge < -0.3 is 5.32 Å². The SMILES string of the molecule is CC(C)(CCCC1CCNC1)c1ccccc1. The summed E-state index contributed by atoms with van der Waals surface area (Å²) in [4.78, 5) is 0. The maximum absolute atomic E-state index is 3.45. The minimum Gasteiger partial charge on any atom is -0.316 e. The van der Waals surface area contributed by atoms with Crippen LogP contribution >= 0.6 is 0 Å². The summed E-state index contributed by atoms with van der Waals surface area (Å²) in [5.41, 5.74) is 1.80. The molecule has 0 radical (unpaired) electrons. The molecule has 1 aliphatic rings. The summed E-state index contributed by atoms with van der Waals surface area (Å²) in [5, 5.41) is 3.45. The molecule has 1 unspecified atom stereocenters. The van der Waals surface area contributed by atoms with Crippen LogP contribution in [0, 0.1) is 5.92 Å². The van der Waals surface area contributed by atoms with Gasteiger partial charge in [0, 0.05) is 0 Å². The molecule has 1 heterocycles. The molecule has 0 aromatic heterocycles. The Morgan fingerprint density at radius 1 is 1.24 bits per heavy atom. The van der Waals surface area contributed by atoms with Gasteiger partial charge in [0.2, 0.25) is 0 Å². The van der Waals surface area contributed by atoms with E-state index in [2.05, 4.69) is 49.5 Å². The van der Waals surface area contributed by atoms with Gasteiger partial charge in [-0.3, -0.25) is 0 Å². The van der Waals surface area contributed by atoms with Gasteiger partial charge in [0.1, 0.15) is 0 Å². The number of rotatable bonds is 5. The molecule has 1 aromatic carbocycles. The topological polar surface area (TPSA) is 12.0 Å².